The Morgan fingerprint density at radius 1 is 1.25 bits per heavy atom. The van der Waals surface area contributed by atoms with Crippen molar-refractivity contribution < 1.29 is 13.2 Å². The van der Waals surface area contributed by atoms with Gasteiger partial charge >= 0.3 is 5.69 Å². The molecule has 24 heavy (non-hydrogen) atoms. The van der Waals surface area contributed by atoms with Crippen molar-refractivity contribution in [2.24, 2.45) is 13.0 Å². The summed E-state index contributed by atoms with van der Waals surface area (Å²) in [6.45, 7) is 0.954. The first-order chi connectivity index (χ1) is 11.3. The van der Waals surface area contributed by atoms with Gasteiger partial charge in [-0.15, -0.1) is 0 Å². The molecule has 0 saturated carbocycles. The van der Waals surface area contributed by atoms with E-state index in [2.05, 4.69) is 0 Å². The predicted octanol–water partition coefficient (Wildman–Crippen LogP) is 0.233. The Balaban J connectivity index is 1.77. The van der Waals surface area contributed by atoms with Crippen molar-refractivity contribution >= 4 is 26.8 Å². The maximum atomic E-state index is 12.5. The minimum Gasteiger partial charge on any atom is -0.341 e. The number of aromatic nitrogens is 2. The zero-order chi connectivity index (χ0) is 17.5. The van der Waals surface area contributed by atoms with Crippen LogP contribution in [0.5, 0.6) is 0 Å². The van der Waals surface area contributed by atoms with Crippen LogP contribution in [0, 0.1) is 5.92 Å². The molecular weight excluding hydrogens is 330 g/mol. The van der Waals surface area contributed by atoms with E-state index >= 15 is 0 Å². The van der Waals surface area contributed by atoms with Gasteiger partial charge in [0.05, 0.1) is 16.8 Å². The number of para-hydroxylation sites is 2. The summed E-state index contributed by atoms with van der Waals surface area (Å²) in [6.07, 6.45) is 1.90. The van der Waals surface area contributed by atoms with Gasteiger partial charge in [0.1, 0.15) is 16.4 Å². The van der Waals surface area contributed by atoms with Gasteiger partial charge in [0.25, 0.3) is 0 Å². The van der Waals surface area contributed by atoms with Gasteiger partial charge in [0, 0.05) is 26.4 Å². The van der Waals surface area contributed by atoms with Crippen LogP contribution in [0.4, 0.5) is 0 Å². The highest BCUT2D eigenvalue weighted by Gasteiger charge is 2.29. The molecule has 0 bridgehead atoms. The number of rotatable bonds is 4. The summed E-state index contributed by atoms with van der Waals surface area (Å²) in [7, 11) is -1.36. The quantitative estimate of drug-likeness (QED) is 0.790. The van der Waals surface area contributed by atoms with Crippen molar-refractivity contribution in [3.63, 3.8) is 0 Å². The van der Waals surface area contributed by atoms with Crippen molar-refractivity contribution in [1.82, 2.24) is 14.0 Å². The van der Waals surface area contributed by atoms with E-state index in [9.17, 15) is 18.0 Å². The molecule has 7 nitrogen and oxygen atoms in total. The fourth-order valence-electron chi connectivity index (χ4n) is 3.37. The SMILES string of the molecule is Cn1c(=O)n(CC(=O)N2CCC(CS(C)(=O)=O)C2)c2ccccc21. The summed E-state index contributed by atoms with van der Waals surface area (Å²) in [5.41, 5.74) is 1.29. The summed E-state index contributed by atoms with van der Waals surface area (Å²) < 4.78 is 25.8. The second-order valence-electron chi connectivity index (χ2n) is 6.50. The van der Waals surface area contributed by atoms with E-state index < -0.39 is 9.84 Å². The molecule has 1 amide bonds. The number of likely N-dealkylation sites (tertiary alicyclic amines) is 1. The Morgan fingerprint density at radius 3 is 2.58 bits per heavy atom. The number of amides is 1. The van der Waals surface area contributed by atoms with Crippen molar-refractivity contribution in [2.45, 2.75) is 13.0 Å². The molecule has 1 atom stereocenters. The third-order valence-electron chi connectivity index (χ3n) is 4.52. The topological polar surface area (TPSA) is 81.4 Å². The van der Waals surface area contributed by atoms with E-state index in [1.807, 2.05) is 24.3 Å². The van der Waals surface area contributed by atoms with Crippen molar-refractivity contribution in [1.29, 1.82) is 0 Å². The van der Waals surface area contributed by atoms with Crippen LogP contribution in [0.2, 0.25) is 0 Å². The molecule has 2 heterocycles. The molecule has 1 aliphatic heterocycles. The molecule has 1 fully saturated rings. The van der Waals surface area contributed by atoms with Crippen LogP contribution in [0.3, 0.4) is 0 Å². The molecule has 1 aromatic carbocycles. The standard InChI is InChI=1S/C16H21N3O4S/c1-17-13-5-3-4-6-14(13)19(16(17)21)10-15(20)18-8-7-12(9-18)11-24(2,22)23/h3-6,12H,7-11H2,1-2H3. The van der Waals surface area contributed by atoms with Gasteiger partial charge in [0.2, 0.25) is 5.91 Å². The lowest BCUT2D eigenvalue weighted by Gasteiger charge is -2.16. The molecule has 0 radical (unpaired) electrons. The van der Waals surface area contributed by atoms with Gasteiger partial charge in [-0.3, -0.25) is 13.9 Å². The maximum absolute atomic E-state index is 12.5. The summed E-state index contributed by atoms with van der Waals surface area (Å²) >= 11 is 0. The Hall–Kier alpha value is -2.09. The second-order valence-corrected chi connectivity index (χ2v) is 8.69. The fourth-order valence-corrected chi connectivity index (χ4v) is 4.50. The van der Waals surface area contributed by atoms with Crippen LogP contribution in [-0.2, 0) is 28.2 Å². The van der Waals surface area contributed by atoms with Crippen LogP contribution in [0.25, 0.3) is 11.0 Å². The zero-order valence-electron chi connectivity index (χ0n) is 13.8. The number of hydrogen-bond donors (Lipinski definition) is 0. The second kappa shape index (κ2) is 6.08. The Bertz CT molecular complexity index is 942. The van der Waals surface area contributed by atoms with Crippen molar-refractivity contribution in [2.75, 3.05) is 25.1 Å². The van der Waals surface area contributed by atoms with Crippen molar-refractivity contribution in [3.8, 4) is 0 Å². The van der Waals surface area contributed by atoms with E-state index in [0.29, 0.717) is 19.5 Å². The maximum Gasteiger partial charge on any atom is 0.329 e. The lowest BCUT2D eigenvalue weighted by molar-refractivity contribution is -0.130. The average molecular weight is 351 g/mol. The summed E-state index contributed by atoms with van der Waals surface area (Å²) in [5.74, 6) is -0.0667. The van der Waals surface area contributed by atoms with Crippen LogP contribution in [-0.4, -0.2) is 53.5 Å². The number of benzene rings is 1. The highest BCUT2D eigenvalue weighted by molar-refractivity contribution is 7.90. The van der Waals surface area contributed by atoms with E-state index in [0.717, 1.165) is 11.0 Å². The number of imidazole rings is 1. The van der Waals surface area contributed by atoms with Crippen molar-refractivity contribution in [3.05, 3.63) is 34.7 Å². The third-order valence-corrected chi connectivity index (χ3v) is 5.60. The zero-order valence-corrected chi connectivity index (χ0v) is 14.6. The Labute approximate surface area is 140 Å². The number of nitrogens with zero attached hydrogens (tertiary/aromatic N) is 3. The van der Waals surface area contributed by atoms with E-state index in [-0.39, 0.29) is 29.8 Å². The lowest BCUT2D eigenvalue weighted by atomic mass is 10.2. The number of carbonyl (C=O) groups is 1. The first-order valence-corrected chi connectivity index (χ1v) is 9.92. The smallest absolute Gasteiger partial charge is 0.329 e. The van der Waals surface area contributed by atoms with Crippen LogP contribution in [0.15, 0.2) is 29.1 Å². The molecule has 1 unspecified atom stereocenters. The van der Waals surface area contributed by atoms with E-state index in [1.165, 1.54) is 15.4 Å². The molecule has 130 valence electrons. The minimum absolute atomic E-state index is 0.0202. The largest absolute Gasteiger partial charge is 0.341 e. The van der Waals surface area contributed by atoms with Crippen LogP contribution >= 0.6 is 0 Å². The highest BCUT2D eigenvalue weighted by atomic mass is 32.2. The van der Waals surface area contributed by atoms with Gasteiger partial charge < -0.3 is 4.90 Å². The van der Waals surface area contributed by atoms with Gasteiger partial charge in [-0.25, -0.2) is 13.2 Å². The van der Waals surface area contributed by atoms with Gasteiger partial charge in [-0.05, 0) is 24.5 Å². The molecule has 1 aliphatic rings. The number of carbonyl (C=O) groups excluding carboxylic acids is 1. The summed E-state index contributed by atoms with van der Waals surface area (Å²) in [4.78, 5) is 26.6. The van der Waals surface area contributed by atoms with Crippen LogP contribution in [0.1, 0.15) is 6.42 Å². The molecule has 0 aliphatic carbocycles. The molecule has 0 N–H and O–H groups in total. The third kappa shape index (κ3) is 3.24. The Morgan fingerprint density at radius 2 is 1.92 bits per heavy atom. The van der Waals surface area contributed by atoms with Gasteiger partial charge in [0.15, 0.2) is 0 Å². The molecule has 0 spiro atoms. The number of sulfone groups is 1. The van der Waals surface area contributed by atoms with Gasteiger partial charge in [-0.1, -0.05) is 12.1 Å². The fraction of sp³-hybridized carbons (Fsp3) is 0.500. The normalized spacial score (nSPS) is 18.4. The lowest BCUT2D eigenvalue weighted by Crippen LogP contribution is -2.35. The molecule has 1 aromatic heterocycles. The monoisotopic (exact) mass is 351 g/mol. The molecule has 1 saturated heterocycles. The molecule has 2 aromatic rings. The Kier molecular flexibility index (Phi) is 4.25. The number of aryl methyl sites for hydroxylation is 1. The van der Waals surface area contributed by atoms with Gasteiger partial charge in [-0.2, -0.15) is 0 Å². The summed E-state index contributed by atoms with van der Waals surface area (Å²) in [6, 6.07) is 7.35. The minimum atomic E-state index is -3.04. The number of fused-ring (bicyclic) bond motifs is 1. The first kappa shape index (κ1) is 16.8. The highest BCUT2D eigenvalue weighted by Crippen LogP contribution is 2.19. The number of hydrogen-bond acceptors (Lipinski definition) is 4. The molecular formula is C16H21N3O4S. The predicted molar refractivity (Wildman–Crippen MR) is 91.6 cm³/mol. The first-order valence-electron chi connectivity index (χ1n) is 7.86. The van der Waals surface area contributed by atoms with Crippen LogP contribution < -0.4 is 5.69 Å². The molecule has 3 rings (SSSR count). The average Bonchev–Trinajstić information content (AvgIpc) is 3.05. The summed E-state index contributed by atoms with van der Waals surface area (Å²) in [5, 5.41) is 0. The van der Waals surface area contributed by atoms with E-state index in [4.69, 9.17) is 0 Å². The molecule has 8 heteroatoms. The van der Waals surface area contributed by atoms with E-state index in [1.54, 1.807) is 11.9 Å².